The number of nitrogens with one attached hydrogen (secondary N) is 1. The summed E-state index contributed by atoms with van der Waals surface area (Å²) in [5.41, 5.74) is 1.31. The second kappa shape index (κ2) is 6.21. The molecule has 0 aliphatic carbocycles. The standard InChI is InChI=1S/C14H13BrF2N2/c1-18-14(11-4-5-19-8-13(11)17)7-9-6-10(16)2-3-12(9)15/h2-6,8,14,18H,7H2,1H3. The van der Waals surface area contributed by atoms with Gasteiger partial charge in [0.2, 0.25) is 0 Å². The van der Waals surface area contributed by atoms with E-state index in [-0.39, 0.29) is 17.7 Å². The highest BCUT2D eigenvalue weighted by atomic mass is 79.9. The van der Waals surface area contributed by atoms with Gasteiger partial charge in [-0.1, -0.05) is 15.9 Å². The number of hydrogen-bond donors (Lipinski definition) is 1. The van der Waals surface area contributed by atoms with Crippen molar-refractivity contribution >= 4 is 15.9 Å². The molecule has 0 fully saturated rings. The zero-order valence-corrected chi connectivity index (χ0v) is 11.9. The Bertz CT molecular complexity index is 575. The predicted molar refractivity (Wildman–Crippen MR) is 73.8 cm³/mol. The molecule has 1 unspecified atom stereocenters. The molecule has 1 N–H and O–H groups in total. The number of aromatic nitrogens is 1. The number of halogens is 3. The molecule has 0 radical (unpaired) electrons. The molecule has 2 rings (SSSR count). The van der Waals surface area contributed by atoms with Crippen molar-refractivity contribution in [2.45, 2.75) is 12.5 Å². The largest absolute Gasteiger partial charge is 0.313 e. The Balaban J connectivity index is 2.29. The first kappa shape index (κ1) is 14.1. The van der Waals surface area contributed by atoms with Gasteiger partial charge in [-0.25, -0.2) is 8.78 Å². The SMILES string of the molecule is CNC(Cc1cc(F)ccc1Br)c1ccncc1F. The number of nitrogens with zero attached hydrogens (tertiary/aromatic N) is 1. The van der Waals surface area contributed by atoms with E-state index in [2.05, 4.69) is 26.2 Å². The molecule has 2 aromatic rings. The molecule has 0 saturated heterocycles. The van der Waals surface area contributed by atoms with Crippen LogP contribution in [0.5, 0.6) is 0 Å². The van der Waals surface area contributed by atoms with E-state index < -0.39 is 0 Å². The van der Waals surface area contributed by atoms with Gasteiger partial charge in [-0.2, -0.15) is 0 Å². The predicted octanol–water partition coefficient (Wildman–Crippen LogP) is 3.63. The Hall–Kier alpha value is -1.33. The lowest BCUT2D eigenvalue weighted by Gasteiger charge is -2.18. The molecule has 0 amide bonds. The highest BCUT2D eigenvalue weighted by molar-refractivity contribution is 9.10. The van der Waals surface area contributed by atoms with E-state index in [9.17, 15) is 8.78 Å². The fourth-order valence-electron chi connectivity index (χ4n) is 1.96. The molecule has 0 bridgehead atoms. The molecule has 5 heteroatoms. The van der Waals surface area contributed by atoms with Gasteiger partial charge in [-0.3, -0.25) is 4.98 Å². The Morgan fingerprint density at radius 3 is 2.79 bits per heavy atom. The van der Waals surface area contributed by atoms with Crippen LogP contribution < -0.4 is 5.32 Å². The van der Waals surface area contributed by atoms with Crippen LogP contribution in [-0.2, 0) is 6.42 Å². The lowest BCUT2D eigenvalue weighted by Crippen LogP contribution is -2.20. The zero-order chi connectivity index (χ0) is 13.8. The summed E-state index contributed by atoms with van der Waals surface area (Å²) in [6.07, 6.45) is 3.21. The topological polar surface area (TPSA) is 24.9 Å². The molecule has 0 aliphatic heterocycles. The molecule has 19 heavy (non-hydrogen) atoms. The van der Waals surface area contributed by atoms with Crippen molar-refractivity contribution in [1.29, 1.82) is 0 Å². The maximum Gasteiger partial charge on any atom is 0.146 e. The van der Waals surface area contributed by atoms with E-state index in [0.29, 0.717) is 12.0 Å². The van der Waals surface area contributed by atoms with E-state index >= 15 is 0 Å². The van der Waals surface area contributed by atoms with Gasteiger partial charge in [-0.15, -0.1) is 0 Å². The first-order chi connectivity index (χ1) is 9.11. The summed E-state index contributed by atoms with van der Waals surface area (Å²) < 4.78 is 27.8. The summed E-state index contributed by atoms with van der Waals surface area (Å²) in [7, 11) is 1.75. The molecule has 1 atom stereocenters. The fraction of sp³-hybridized carbons (Fsp3) is 0.214. The summed E-state index contributed by atoms with van der Waals surface area (Å²) >= 11 is 3.38. The molecule has 0 aliphatic rings. The van der Waals surface area contributed by atoms with Crippen LogP contribution in [0.1, 0.15) is 17.2 Å². The van der Waals surface area contributed by atoms with Crippen molar-refractivity contribution < 1.29 is 8.78 Å². The number of benzene rings is 1. The van der Waals surface area contributed by atoms with Crippen LogP contribution in [0.4, 0.5) is 8.78 Å². The van der Waals surface area contributed by atoms with Crippen molar-refractivity contribution in [2.24, 2.45) is 0 Å². The van der Waals surface area contributed by atoms with Crippen LogP contribution in [0.3, 0.4) is 0 Å². The minimum atomic E-state index is -0.366. The highest BCUT2D eigenvalue weighted by Crippen LogP contribution is 2.25. The van der Waals surface area contributed by atoms with Crippen LogP contribution in [0, 0.1) is 11.6 Å². The first-order valence-corrected chi connectivity index (χ1v) is 6.61. The Morgan fingerprint density at radius 2 is 2.11 bits per heavy atom. The molecule has 0 saturated carbocycles. The molecule has 1 aromatic carbocycles. The van der Waals surface area contributed by atoms with Crippen LogP contribution in [0.25, 0.3) is 0 Å². The number of pyridine rings is 1. The van der Waals surface area contributed by atoms with Crippen LogP contribution in [-0.4, -0.2) is 12.0 Å². The monoisotopic (exact) mass is 326 g/mol. The average molecular weight is 327 g/mol. The minimum absolute atomic E-state index is 0.235. The third-order valence-electron chi connectivity index (χ3n) is 2.96. The van der Waals surface area contributed by atoms with Crippen molar-refractivity contribution in [3.8, 4) is 0 Å². The summed E-state index contributed by atoms with van der Waals surface area (Å²) in [6, 6.07) is 5.88. The fourth-order valence-corrected chi connectivity index (χ4v) is 2.36. The van der Waals surface area contributed by atoms with Crippen molar-refractivity contribution in [3.63, 3.8) is 0 Å². The van der Waals surface area contributed by atoms with Gasteiger partial charge >= 0.3 is 0 Å². The third-order valence-corrected chi connectivity index (χ3v) is 3.73. The van der Waals surface area contributed by atoms with Gasteiger partial charge in [0.05, 0.1) is 6.20 Å². The first-order valence-electron chi connectivity index (χ1n) is 5.82. The average Bonchev–Trinajstić information content (AvgIpc) is 2.41. The number of likely N-dealkylation sites (N-methyl/N-ethyl adjacent to an activating group) is 1. The van der Waals surface area contributed by atoms with Gasteiger partial charge in [0.1, 0.15) is 11.6 Å². The van der Waals surface area contributed by atoms with E-state index in [1.807, 2.05) is 0 Å². The van der Waals surface area contributed by atoms with Crippen LogP contribution in [0.15, 0.2) is 41.1 Å². The molecule has 1 heterocycles. The highest BCUT2D eigenvalue weighted by Gasteiger charge is 2.16. The van der Waals surface area contributed by atoms with E-state index in [4.69, 9.17) is 0 Å². The third kappa shape index (κ3) is 3.36. The summed E-state index contributed by atoms with van der Waals surface area (Å²) in [5.74, 6) is -0.669. The zero-order valence-electron chi connectivity index (χ0n) is 10.3. The van der Waals surface area contributed by atoms with Crippen molar-refractivity contribution in [3.05, 3.63) is 63.9 Å². The van der Waals surface area contributed by atoms with Crippen molar-refractivity contribution in [1.82, 2.24) is 10.3 Å². The summed E-state index contributed by atoms with van der Waals surface area (Å²) in [6.45, 7) is 0. The molecule has 100 valence electrons. The van der Waals surface area contributed by atoms with Crippen molar-refractivity contribution in [2.75, 3.05) is 7.05 Å². The van der Waals surface area contributed by atoms with Gasteiger partial charge in [-0.05, 0) is 43.3 Å². The lowest BCUT2D eigenvalue weighted by molar-refractivity contribution is 0.528. The maximum absolute atomic E-state index is 13.7. The molecule has 0 spiro atoms. The van der Waals surface area contributed by atoms with Crippen LogP contribution in [0.2, 0.25) is 0 Å². The second-order valence-corrected chi connectivity index (χ2v) is 5.03. The van der Waals surface area contributed by atoms with Gasteiger partial charge in [0.25, 0.3) is 0 Å². The van der Waals surface area contributed by atoms with Gasteiger partial charge in [0.15, 0.2) is 0 Å². The van der Waals surface area contributed by atoms with E-state index in [1.165, 1.54) is 18.3 Å². The van der Waals surface area contributed by atoms with E-state index in [1.54, 1.807) is 25.4 Å². The molecular weight excluding hydrogens is 314 g/mol. The quantitative estimate of drug-likeness (QED) is 0.928. The Morgan fingerprint density at radius 1 is 1.32 bits per heavy atom. The lowest BCUT2D eigenvalue weighted by atomic mass is 9.99. The van der Waals surface area contributed by atoms with E-state index in [0.717, 1.165) is 10.0 Å². The second-order valence-electron chi connectivity index (χ2n) is 4.18. The Kier molecular flexibility index (Phi) is 4.61. The summed E-state index contributed by atoms with van der Waals surface area (Å²) in [4.78, 5) is 3.73. The van der Waals surface area contributed by atoms with Gasteiger partial charge < -0.3 is 5.32 Å². The Labute approximate surface area is 119 Å². The smallest absolute Gasteiger partial charge is 0.146 e. The number of hydrogen-bond acceptors (Lipinski definition) is 2. The van der Waals surface area contributed by atoms with Gasteiger partial charge in [0, 0.05) is 22.3 Å². The maximum atomic E-state index is 13.7. The molecular formula is C14H13BrF2N2. The number of rotatable bonds is 4. The molecule has 1 aromatic heterocycles. The molecule has 2 nitrogen and oxygen atoms in total. The minimum Gasteiger partial charge on any atom is -0.313 e. The van der Waals surface area contributed by atoms with Crippen LogP contribution >= 0.6 is 15.9 Å². The normalized spacial score (nSPS) is 12.4. The summed E-state index contributed by atoms with van der Waals surface area (Å²) in [5, 5.41) is 3.04.